The highest BCUT2D eigenvalue weighted by atomic mass is 32.2. The average molecular weight is 326 g/mol. The van der Waals surface area contributed by atoms with E-state index in [-0.39, 0.29) is 4.90 Å². The number of sulfone groups is 1. The Hall–Kier alpha value is -1.31. The number of benzene rings is 1. The summed E-state index contributed by atoms with van der Waals surface area (Å²) in [6.45, 7) is 2.04. The normalized spacial score (nSPS) is 13.3. The Labute approximate surface area is 128 Å². The second-order valence-electron chi connectivity index (χ2n) is 4.74. The molecular weight excluding hydrogens is 308 g/mol. The van der Waals surface area contributed by atoms with Crippen LogP contribution in [-0.2, 0) is 16.3 Å². The lowest BCUT2D eigenvalue weighted by Crippen LogP contribution is -2.02. The average Bonchev–Trinajstić information content (AvgIpc) is 2.92. The molecule has 0 aliphatic heterocycles. The van der Waals surface area contributed by atoms with Gasteiger partial charge in [-0.1, -0.05) is 30.8 Å². The first-order valence-electron chi connectivity index (χ1n) is 6.55. The number of H-pyrrole nitrogens is 1. The zero-order valence-corrected chi connectivity index (χ0v) is 13.5. The molecule has 0 fully saturated rings. The van der Waals surface area contributed by atoms with Crippen molar-refractivity contribution in [2.24, 2.45) is 0 Å². The Morgan fingerprint density at radius 2 is 2.00 bits per heavy atom. The summed E-state index contributed by atoms with van der Waals surface area (Å²) in [6, 6.07) is 6.31. The van der Waals surface area contributed by atoms with Gasteiger partial charge >= 0.3 is 0 Å². The highest BCUT2D eigenvalue weighted by Crippen LogP contribution is 2.23. The number of rotatable bonds is 6. The molecule has 1 heterocycles. The third kappa shape index (κ3) is 4.33. The van der Waals surface area contributed by atoms with Gasteiger partial charge < -0.3 is 10.1 Å². The van der Waals surface area contributed by atoms with Gasteiger partial charge in [-0.2, -0.15) is 0 Å². The van der Waals surface area contributed by atoms with Gasteiger partial charge in [-0.3, -0.25) is 0 Å². The number of aliphatic hydroxyl groups excluding tert-OH is 1. The standard InChI is InChI=1S/C14H18N2O3S2/c1-3-11-8-15-14(16-11)20-9-13(17)10-4-6-12(7-5-10)21(2,18)19/h4-8,13,17H,3,9H2,1-2H3,(H,15,16). The Bertz CT molecular complexity index is 693. The molecule has 1 unspecified atom stereocenters. The van der Waals surface area contributed by atoms with Crippen LogP contribution in [0.1, 0.15) is 24.3 Å². The van der Waals surface area contributed by atoms with Gasteiger partial charge in [-0.25, -0.2) is 13.4 Å². The van der Waals surface area contributed by atoms with Crippen molar-refractivity contribution < 1.29 is 13.5 Å². The molecule has 2 N–H and O–H groups in total. The second kappa shape index (κ2) is 6.64. The van der Waals surface area contributed by atoms with Crippen molar-refractivity contribution in [1.29, 1.82) is 0 Å². The van der Waals surface area contributed by atoms with E-state index in [4.69, 9.17) is 0 Å². The van der Waals surface area contributed by atoms with Crippen molar-refractivity contribution in [3.63, 3.8) is 0 Å². The first-order chi connectivity index (χ1) is 9.90. The van der Waals surface area contributed by atoms with E-state index in [1.807, 2.05) is 6.92 Å². The van der Waals surface area contributed by atoms with Gasteiger partial charge in [0.15, 0.2) is 15.0 Å². The van der Waals surface area contributed by atoms with E-state index in [1.54, 1.807) is 18.3 Å². The number of aryl methyl sites for hydroxylation is 1. The molecule has 1 aromatic heterocycles. The third-order valence-electron chi connectivity index (χ3n) is 3.06. The molecule has 7 heteroatoms. The molecule has 0 bridgehead atoms. The number of hydrogen-bond acceptors (Lipinski definition) is 5. The van der Waals surface area contributed by atoms with Crippen LogP contribution in [0.15, 0.2) is 40.5 Å². The van der Waals surface area contributed by atoms with Crippen molar-refractivity contribution in [3.8, 4) is 0 Å². The fourth-order valence-corrected chi connectivity index (χ4v) is 3.25. The van der Waals surface area contributed by atoms with Crippen molar-refractivity contribution in [3.05, 3.63) is 41.7 Å². The topological polar surface area (TPSA) is 83.1 Å². The number of nitrogens with zero attached hydrogens (tertiary/aromatic N) is 1. The van der Waals surface area contributed by atoms with Crippen LogP contribution in [0.4, 0.5) is 0 Å². The summed E-state index contributed by atoms with van der Waals surface area (Å²) in [7, 11) is -3.20. The summed E-state index contributed by atoms with van der Waals surface area (Å²) in [6.07, 6.45) is 3.17. The Morgan fingerprint density at radius 3 is 2.52 bits per heavy atom. The summed E-state index contributed by atoms with van der Waals surface area (Å²) in [4.78, 5) is 7.63. The number of hydrogen-bond donors (Lipinski definition) is 2. The fourth-order valence-electron chi connectivity index (χ4n) is 1.78. The van der Waals surface area contributed by atoms with Crippen molar-refractivity contribution in [2.75, 3.05) is 12.0 Å². The van der Waals surface area contributed by atoms with Crippen LogP contribution >= 0.6 is 11.8 Å². The minimum absolute atomic E-state index is 0.254. The number of imidazole rings is 1. The van der Waals surface area contributed by atoms with Crippen molar-refractivity contribution in [1.82, 2.24) is 9.97 Å². The molecule has 0 amide bonds. The molecule has 5 nitrogen and oxygen atoms in total. The third-order valence-corrected chi connectivity index (χ3v) is 5.15. The van der Waals surface area contributed by atoms with Crippen LogP contribution in [0.5, 0.6) is 0 Å². The van der Waals surface area contributed by atoms with Gasteiger partial charge in [-0.05, 0) is 24.1 Å². The molecule has 1 aromatic carbocycles. The smallest absolute Gasteiger partial charge is 0.175 e. The SMILES string of the molecule is CCc1cnc(SCC(O)c2ccc(S(C)(=O)=O)cc2)[nH]1. The van der Waals surface area contributed by atoms with E-state index in [9.17, 15) is 13.5 Å². The lowest BCUT2D eigenvalue weighted by Gasteiger charge is -2.10. The van der Waals surface area contributed by atoms with Gasteiger partial charge in [-0.15, -0.1) is 0 Å². The summed E-state index contributed by atoms with van der Waals surface area (Å²) in [5.41, 5.74) is 1.75. The molecule has 0 saturated carbocycles. The Balaban J connectivity index is 1.98. The highest BCUT2D eigenvalue weighted by molar-refractivity contribution is 7.99. The van der Waals surface area contributed by atoms with Crippen LogP contribution in [-0.4, -0.2) is 35.5 Å². The summed E-state index contributed by atoms with van der Waals surface area (Å²) >= 11 is 1.43. The molecule has 0 aliphatic carbocycles. The molecule has 0 saturated heterocycles. The maximum absolute atomic E-state index is 11.4. The molecule has 2 aromatic rings. The number of aliphatic hydroxyl groups is 1. The van der Waals surface area contributed by atoms with Gasteiger partial charge in [0.2, 0.25) is 0 Å². The van der Waals surface area contributed by atoms with Gasteiger partial charge in [0, 0.05) is 23.9 Å². The lowest BCUT2D eigenvalue weighted by molar-refractivity contribution is 0.204. The zero-order valence-electron chi connectivity index (χ0n) is 11.9. The van der Waals surface area contributed by atoms with E-state index < -0.39 is 15.9 Å². The van der Waals surface area contributed by atoms with E-state index in [1.165, 1.54) is 23.9 Å². The summed E-state index contributed by atoms with van der Waals surface area (Å²) < 4.78 is 22.8. The molecule has 0 spiro atoms. The predicted molar refractivity (Wildman–Crippen MR) is 83.2 cm³/mol. The van der Waals surface area contributed by atoms with Crippen LogP contribution in [0.2, 0.25) is 0 Å². The summed E-state index contributed by atoms with van der Waals surface area (Å²) in [5.74, 6) is 0.453. The number of nitrogens with one attached hydrogen (secondary N) is 1. The van der Waals surface area contributed by atoms with Gasteiger partial charge in [0.1, 0.15) is 0 Å². The first kappa shape index (κ1) is 16.1. The van der Waals surface area contributed by atoms with Gasteiger partial charge in [0.25, 0.3) is 0 Å². The van der Waals surface area contributed by atoms with E-state index in [0.717, 1.165) is 23.5 Å². The molecule has 0 aliphatic rings. The molecule has 21 heavy (non-hydrogen) atoms. The van der Waals surface area contributed by atoms with E-state index in [2.05, 4.69) is 9.97 Å². The quantitative estimate of drug-likeness (QED) is 0.795. The molecular formula is C14H18N2O3S2. The minimum Gasteiger partial charge on any atom is -0.388 e. The highest BCUT2D eigenvalue weighted by Gasteiger charge is 2.12. The van der Waals surface area contributed by atoms with Crippen LogP contribution in [0, 0.1) is 0 Å². The maximum Gasteiger partial charge on any atom is 0.175 e. The van der Waals surface area contributed by atoms with Crippen molar-refractivity contribution >= 4 is 21.6 Å². The van der Waals surface area contributed by atoms with Crippen LogP contribution in [0.25, 0.3) is 0 Å². The Kier molecular flexibility index (Phi) is 5.08. The van der Waals surface area contributed by atoms with Crippen LogP contribution in [0.3, 0.4) is 0 Å². The molecule has 114 valence electrons. The molecule has 0 radical (unpaired) electrons. The zero-order chi connectivity index (χ0) is 15.5. The maximum atomic E-state index is 11.4. The number of aromatic nitrogens is 2. The Morgan fingerprint density at radius 1 is 1.33 bits per heavy atom. The summed E-state index contributed by atoms with van der Waals surface area (Å²) in [5, 5.41) is 10.9. The number of thioether (sulfide) groups is 1. The minimum atomic E-state index is -3.20. The monoisotopic (exact) mass is 326 g/mol. The molecule has 2 rings (SSSR count). The van der Waals surface area contributed by atoms with Crippen molar-refractivity contribution in [2.45, 2.75) is 29.5 Å². The fraction of sp³-hybridized carbons (Fsp3) is 0.357. The predicted octanol–water partition coefficient (Wildman–Crippen LogP) is 2.20. The van der Waals surface area contributed by atoms with E-state index in [0.29, 0.717) is 11.3 Å². The molecule has 1 atom stereocenters. The largest absolute Gasteiger partial charge is 0.388 e. The second-order valence-corrected chi connectivity index (χ2v) is 7.76. The van der Waals surface area contributed by atoms with E-state index >= 15 is 0 Å². The lowest BCUT2D eigenvalue weighted by atomic mass is 10.1. The number of aromatic amines is 1. The first-order valence-corrected chi connectivity index (χ1v) is 9.42. The van der Waals surface area contributed by atoms with Crippen LogP contribution < -0.4 is 0 Å². The van der Waals surface area contributed by atoms with Gasteiger partial charge in [0.05, 0.1) is 11.0 Å².